The fraction of sp³-hybridized carbons (Fsp3) is 0.0455. The normalized spacial score (nSPS) is 12.6. The lowest BCUT2D eigenvalue weighted by molar-refractivity contribution is -0.432. The standard InChI is InChI=1S/C22H19N5O8S2/c1-14(28)21(22(29)23-15-5-3-2-4-6-15)27-26-19-12-9-17(13-20(19)37(31,32)33)25-24-16-7-10-18(11-8-16)36-35-34-30/h2-13,28,30H,1H3,(H,23,29)(H,31,32,33)/b21-14-,25-24?,27-26?. The molecular formula is C22H19N5O8S2. The van der Waals surface area contributed by atoms with Crippen LogP contribution < -0.4 is 5.32 Å². The molecule has 0 aliphatic carbocycles. The molecule has 1 amide bonds. The average molecular weight is 546 g/mol. The Morgan fingerprint density at radius 1 is 0.946 bits per heavy atom. The molecule has 15 heteroatoms. The van der Waals surface area contributed by atoms with Crippen LogP contribution in [0.4, 0.5) is 22.7 Å². The molecule has 0 aliphatic heterocycles. The van der Waals surface area contributed by atoms with Gasteiger partial charge >= 0.3 is 0 Å². The summed E-state index contributed by atoms with van der Waals surface area (Å²) in [6.07, 6.45) is 0. The number of aliphatic hydroxyl groups is 1. The van der Waals surface area contributed by atoms with Gasteiger partial charge in [-0.3, -0.25) is 9.35 Å². The van der Waals surface area contributed by atoms with E-state index in [9.17, 15) is 22.9 Å². The summed E-state index contributed by atoms with van der Waals surface area (Å²) in [6.45, 7) is 1.21. The van der Waals surface area contributed by atoms with Crippen molar-refractivity contribution in [3.63, 3.8) is 0 Å². The number of aliphatic hydroxyl groups excluding tert-OH is 1. The van der Waals surface area contributed by atoms with Gasteiger partial charge in [-0.25, -0.2) is 5.26 Å². The topological polar surface area (TPSA) is 192 Å². The van der Waals surface area contributed by atoms with Crippen LogP contribution in [0.25, 0.3) is 0 Å². The van der Waals surface area contributed by atoms with Crippen LogP contribution in [0.5, 0.6) is 0 Å². The highest BCUT2D eigenvalue weighted by molar-refractivity contribution is 7.94. The minimum atomic E-state index is -4.77. The Hall–Kier alpha value is -3.99. The number of nitrogens with one attached hydrogen (secondary N) is 1. The average Bonchev–Trinajstić information content (AvgIpc) is 2.87. The number of allylic oxidation sites excluding steroid dienone is 1. The Balaban J connectivity index is 1.83. The minimum absolute atomic E-state index is 0.0676. The van der Waals surface area contributed by atoms with Crippen molar-refractivity contribution in [1.29, 1.82) is 0 Å². The molecule has 0 saturated carbocycles. The predicted molar refractivity (Wildman–Crippen MR) is 132 cm³/mol. The molecule has 0 fully saturated rings. The third kappa shape index (κ3) is 8.28. The molecule has 0 aromatic heterocycles. The smallest absolute Gasteiger partial charge is 0.296 e. The highest BCUT2D eigenvalue weighted by Gasteiger charge is 2.18. The van der Waals surface area contributed by atoms with Crippen LogP contribution in [0, 0.1) is 0 Å². The largest absolute Gasteiger partial charge is 0.510 e. The van der Waals surface area contributed by atoms with E-state index >= 15 is 0 Å². The number of hydrogen-bond donors (Lipinski definition) is 4. The van der Waals surface area contributed by atoms with Crippen molar-refractivity contribution in [3.05, 3.63) is 84.3 Å². The summed E-state index contributed by atoms with van der Waals surface area (Å²) in [6, 6.07) is 18.3. The van der Waals surface area contributed by atoms with E-state index in [0.717, 1.165) is 18.1 Å². The van der Waals surface area contributed by atoms with Gasteiger partial charge in [0.1, 0.15) is 16.3 Å². The van der Waals surface area contributed by atoms with Gasteiger partial charge < -0.3 is 10.4 Å². The van der Waals surface area contributed by atoms with Crippen LogP contribution in [-0.2, 0) is 24.3 Å². The van der Waals surface area contributed by atoms with Gasteiger partial charge in [-0.05, 0) is 61.5 Å². The molecule has 0 radical (unpaired) electrons. The zero-order chi connectivity index (χ0) is 26.8. The second kappa shape index (κ2) is 12.8. The molecule has 37 heavy (non-hydrogen) atoms. The quantitative estimate of drug-likeness (QED) is 0.0431. The molecule has 0 heterocycles. The summed E-state index contributed by atoms with van der Waals surface area (Å²) < 4.78 is 37.9. The van der Waals surface area contributed by atoms with Gasteiger partial charge in [-0.1, -0.05) is 23.2 Å². The SMILES string of the molecule is C/C(O)=C(/N=Nc1ccc(N=Nc2ccc(SOOO)cc2)cc1S(=O)(=O)O)C(=O)Nc1ccccc1. The summed E-state index contributed by atoms with van der Waals surface area (Å²) in [4.78, 5) is 12.5. The molecule has 0 spiro atoms. The third-order valence-corrected chi connectivity index (χ3v) is 5.82. The van der Waals surface area contributed by atoms with E-state index in [4.69, 9.17) is 5.26 Å². The van der Waals surface area contributed by atoms with E-state index in [2.05, 4.69) is 35.1 Å². The molecule has 0 aliphatic rings. The first-order valence-electron chi connectivity index (χ1n) is 10.1. The Morgan fingerprint density at radius 3 is 2.22 bits per heavy atom. The summed E-state index contributed by atoms with van der Waals surface area (Å²) in [5.41, 5.74) is 0.143. The van der Waals surface area contributed by atoms with Crippen LogP contribution in [-0.4, -0.2) is 29.2 Å². The molecule has 3 aromatic carbocycles. The number of anilines is 1. The van der Waals surface area contributed by atoms with Crippen molar-refractivity contribution in [1.82, 2.24) is 0 Å². The van der Waals surface area contributed by atoms with Gasteiger partial charge in [0.2, 0.25) is 0 Å². The summed E-state index contributed by atoms with van der Waals surface area (Å²) in [5.74, 6) is -1.25. The van der Waals surface area contributed by atoms with E-state index in [0.29, 0.717) is 16.3 Å². The van der Waals surface area contributed by atoms with Gasteiger partial charge in [0, 0.05) is 10.6 Å². The van der Waals surface area contributed by atoms with Crippen molar-refractivity contribution >= 4 is 50.8 Å². The summed E-state index contributed by atoms with van der Waals surface area (Å²) >= 11 is 0.758. The van der Waals surface area contributed by atoms with Crippen molar-refractivity contribution < 1.29 is 37.5 Å². The van der Waals surface area contributed by atoms with Crippen LogP contribution >= 0.6 is 12.0 Å². The highest BCUT2D eigenvalue weighted by atomic mass is 32.2. The number of benzene rings is 3. The summed E-state index contributed by atoms with van der Waals surface area (Å²) in [5, 5.41) is 39.5. The summed E-state index contributed by atoms with van der Waals surface area (Å²) in [7, 11) is -4.77. The van der Waals surface area contributed by atoms with Crippen molar-refractivity contribution in [3.8, 4) is 0 Å². The first-order chi connectivity index (χ1) is 17.7. The maximum absolute atomic E-state index is 12.5. The van der Waals surface area contributed by atoms with E-state index in [1.807, 2.05) is 0 Å². The molecule has 3 rings (SSSR count). The Bertz CT molecular complexity index is 1440. The molecule has 0 atom stereocenters. The predicted octanol–water partition coefficient (Wildman–Crippen LogP) is 6.29. The van der Waals surface area contributed by atoms with Crippen LogP contribution in [0.1, 0.15) is 6.92 Å². The zero-order valence-corrected chi connectivity index (χ0v) is 20.5. The van der Waals surface area contributed by atoms with Crippen LogP contribution in [0.2, 0.25) is 0 Å². The van der Waals surface area contributed by atoms with Gasteiger partial charge in [0.25, 0.3) is 16.0 Å². The monoisotopic (exact) mass is 545 g/mol. The molecule has 0 saturated heterocycles. The van der Waals surface area contributed by atoms with Gasteiger partial charge in [-0.2, -0.15) is 18.6 Å². The second-order valence-electron chi connectivity index (χ2n) is 7.00. The molecule has 4 N–H and O–H groups in total. The Morgan fingerprint density at radius 2 is 1.59 bits per heavy atom. The third-order valence-electron chi connectivity index (χ3n) is 4.35. The van der Waals surface area contributed by atoms with E-state index in [1.165, 1.54) is 19.1 Å². The Kier molecular flexibility index (Phi) is 9.56. The molecule has 3 aromatic rings. The number of azo groups is 2. The van der Waals surface area contributed by atoms with Crippen LogP contribution in [0.3, 0.4) is 0 Å². The molecule has 192 valence electrons. The fourth-order valence-electron chi connectivity index (χ4n) is 2.69. The molecule has 13 nitrogen and oxygen atoms in total. The van der Waals surface area contributed by atoms with Crippen molar-refractivity contribution in [2.24, 2.45) is 20.5 Å². The van der Waals surface area contributed by atoms with Gasteiger partial charge in [0.05, 0.1) is 23.4 Å². The zero-order valence-electron chi connectivity index (χ0n) is 18.9. The van der Waals surface area contributed by atoms with Crippen molar-refractivity contribution in [2.75, 3.05) is 5.32 Å². The Labute approximate surface area is 215 Å². The first kappa shape index (κ1) is 27.6. The molecule has 0 bridgehead atoms. The number of amides is 1. The van der Waals surface area contributed by atoms with Crippen molar-refractivity contribution in [2.45, 2.75) is 16.7 Å². The lowest BCUT2D eigenvalue weighted by atomic mass is 10.3. The maximum Gasteiger partial charge on any atom is 0.296 e. The number of rotatable bonds is 10. The number of carbonyl (C=O) groups is 1. The fourth-order valence-corrected chi connectivity index (χ4v) is 3.69. The van der Waals surface area contributed by atoms with Gasteiger partial charge in [-0.15, -0.1) is 14.6 Å². The lowest BCUT2D eigenvalue weighted by Gasteiger charge is -2.06. The van der Waals surface area contributed by atoms with E-state index in [1.54, 1.807) is 54.6 Å². The second-order valence-corrected chi connectivity index (χ2v) is 9.17. The van der Waals surface area contributed by atoms with E-state index in [-0.39, 0.29) is 11.4 Å². The van der Waals surface area contributed by atoms with Gasteiger partial charge in [0.15, 0.2) is 5.70 Å². The number of carbonyl (C=O) groups excluding carboxylic acids is 1. The minimum Gasteiger partial charge on any atom is -0.510 e. The molecular weight excluding hydrogens is 526 g/mol. The first-order valence-corrected chi connectivity index (χ1v) is 12.3. The lowest BCUT2D eigenvalue weighted by Crippen LogP contribution is -2.14. The molecule has 0 unspecified atom stereocenters. The number of hydrogen-bond acceptors (Lipinski definition) is 12. The highest BCUT2D eigenvalue weighted by Crippen LogP contribution is 2.31. The van der Waals surface area contributed by atoms with E-state index < -0.39 is 32.4 Å². The maximum atomic E-state index is 12.5. The number of nitrogens with zero attached hydrogens (tertiary/aromatic N) is 4. The number of para-hydroxylation sites is 1. The van der Waals surface area contributed by atoms with Crippen LogP contribution in [0.15, 0.2) is 115 Å².